The van der Waals surface area contributed by atoms with Gasteiger partial charge in [-0.2, -0.15) is 0 Å². The van der Waals surface area contributed by atoms with Crippen LogP contribution in [0, 0.1) is 0 Å². The minimum Gasteiger partial charge on any atom is -0.489 e. The Labute approximate surface area is 172 Å². The molecule has 1 N–H and O–H groups in total. The minimum atomic E-state index is -0.740. The van der Waals surface area contributed by atoms with Crippen molar-refractivity contribution >= 4 is 35.5 Å². The van der Waals surface area contributed by atoms with Gasteiger partial charge in [0.15, 0.2) is 18.1 Å². The van der Waals surface area contributed by atoms with Crippen LogP contribution in [0.2, 0.25) is 5.02 Å². The Bertz CT molecular complexity index is 942. The number of esters is 1. The number of fused-ring (bicyclic) bond motifs is 1. The zero-order valence-corrected chi connectivity index (χ0v) is 16.1. The summed E-state index contributed by atoms with van der Waals surface area (Å²) in [6, 6.07) is 11.6. The lowest BCUT2D eigenvalue weighted by Crippen LogP contribution is -2.33. The average molecular weight is 416 g/mol. The molecule has 0 saturated heterocycles. The Morgan fingerprint density at radius 2 is 1.86 bits per heavy atom. The van der Waals surface area contributed by atoms with Gasteiger partial charge in [-0.05, 0) is 35.9 Å². The Morgan fingerprint density at radius 3 is 2.66 bits per heavy atom. The quantitative estimate of drug-likeness (QED) is 0.596. The second kappa shape index (κ2) is 9.75. The Hall–Kier alpha value is -3.32. The normalized spacial score (nSPS) is 12.9. The van der Waals surface area contributed by atoms with E-state index in [0.29, 0.717) is 40.9 Å². The van der Waals surface area contributed by atoms with E-state index in [1.165, 1.54) is 6.08 Å². The van der Waals surface area contributed by atoms with Crippen LogP contribution in [-0.2, 0) is 14.3 Å². The van der Waals surface area contributed by atoms with Gasteiger partial charge >= 0.3 is 5.97 Å². The lowest BCUT2D eigenvalue weighted by atomic mass is 10.2. The Balaban J connectivity index is 1.52. The van der Waals surface area contributed by atoms with Crippen molar-refractivity contribution in [2.75, 3.05) is 19.8 Å². The van der Waals surface area contributed by atoms with Gasteiger partial charge in [0.25, 0.3) is 11.8 Å². The third-order valence-electron chi connectivity index (χ3n) is 3.87. The summed E-state index contributed by atoms with van der Waals surface area (Å²) in [4.78, 5) is 35.5. The second-order valence-corrected chi connectivity index (χ2v) is 6.47. The van der Waals surface area contributed by atoms with Crippen LogP contribution in [-0.4, -0.2) is 37.6 Å². The number of carbonyl (C=O) groups is 3. The summed E-state index contributed by atoms with van der Waals surface area (Å²) in [6.07, 6.45) is 3.38. The van der Waals surface area contributed by atoms with Crippen LogP contribution >= 0.6 is 11.6 Å². The summed E-state index contributed by atoms with van der Waals surface area (Å²) in [5.41, 5.74) is 0.943. The Morgan fingerprint density at radius 1 is 1.10 bits per heavy atom. The predicted octanol–water partition coefficient (Wildman–Crippen LogP) is 3.01. The maximum Gasteiger partial charge on any atom is 0.331 e. The average Bonchev–Trinajstić information content (AvgIpc) is 2.97. The molecule has 2 aromatic carbocycles. The van der Waals surface area contributed by atoms with Crippen molar-refractivity contribution in [3.05, 3.63) is 64.7 Å². The van der Waals surface area contributed by atoms with Crippen molar-refractivity contribution in [2.45, 2.75) is 6.42 Å². The first-order valence-corrected chi connectivity index (χ1v) is 9.24. The van der Waals surface area contributed by atoms with E-state index in [-0.39, 0.29) is 0 Å². The molecule has 1 aliphatic rings. The molecule has 2 aromatic rings. The molecule has 0 unspecified atom stereocenters. The lowest BCUT2D eigenvalue weighted by Gasteiger charge is -2.09. The van der Waals surface area contributed by atoms with Gasteiger partial charge in [0.05, 0.1) is 18.2 Å². The first-order valence-electron chi connectivity index (χ1n) is 8.86. The molecule has 29 heavy (non-hydrogen) atoms. The molecule has 0 aromatic heterocycles. The number of nitrogens with one attached hydrogen (secondary N) is 1. The van der Waals surface area contributed by atoms with E-state index in [0.717, 1.165) is 12.5 Å². The van der Waals surface area contributed by atoms with Crippen LogP contribution in [0.5, 0.6) is 11.5 Å². The summed E-state index contributed by atoms with van der Waals surface area (Å²) in [6.45, 7) is 0.446. The van der Waals surface area contributed by atoms with Gasteiger partial charge in [0.1, 0.15) is 0 Å². The molecule has 0 radical (unpaired) electrons. The third kappa shape index (κ3) is 5.83. The van der Waals surface area contributed by atoms with Crippen LogP contribution in [0.25, 0.3) is 6.08 Å². The standard InChI is InChI=1S/C21H18ClNO6/c22-16-11-14(12-17-20(16)28-10-4-9-27-17)7-8-19(25)29-13-18(24)23-21(26)15-5-2-1-3-6-15/h1-3,5-8,11-12H,4,9-10,13H2,(H,23,24,26)/b8-7+. The molecule has 3 rings (SSSR count). The molecule has 0 fully saturated rings. The summed E-state index contributed by atoms with van der Waals surface area (Å²) in [5, 5.41) is 2.52. The number of carbonyl (C=O) groups excluding carboxylic acids is 3. The molecule has 0 saturated carbocycles. The van der Waals surface area contributed by atoms with Crippen LogP contribution in [0.15, 0.2) is 48.5 Å². The van der Waals surface area contributed by atoms with Crippen molar-refractivity contribution in [2.24, 2.45) is 0 Å². The molecule has 0 spiro atoms. The van der Waals surface area contributed by atoms with E-state index in [2.05, 4.69) is 5.32 Å². The number of hydrogen-bond donors (Lipinski definition) is 1. The number of imide groups is 1. The molecule has 8 heteroatoms. The molecule has 7 nitrogen and oxygen atoms in total. The van der Waals surface area contributed by atoms with Crippen molar-refractivity contribution in [3.63, 3.8) is 0 Å². The highest BCUT2D eigenvalue weighted by atomic mass is 35.5. The molecule has 1 aliphatic heterocycles. The number of benzene rings is 2. The zero-order chi connectivity index (χ0) is 20.6. The Kier molecular flexibility index (Phi) is 6.86. The molecule has 0 aliphatic carbocycles. The largest absolute Gasteiger partial charge is 0.489 e. The fourth-order valence-electron chi connectivity index (χ4n) is 2.52. The number of amides is 2. The zero-order valence-electron chi connectivity index (χ0n) is 15.4. The molecule has 0 bridgehead atoms. The van der Waals surface area contributed by atoms with Crippen molar-refractivity contribution < 1.29 is 28.6 Å². The van der Waals surface area contributed by atoms with E-state index in [1.807, 2.05) is 0 Å². The van der Waals surface area contributed by atoms with Crippen molar-refractivity contribution in [3.8, 4) is 11.5 Å². The maximum atomic E-state index is 11.9. The minimum absolute atomic E-state index is 0.332. The SMILES string of the molecule is O=C(COC(=O)/C=C/c1cc(Cl)c2c(c1)OCCCO2)NC(=O)c1ccccc1. The predicted molar refractivity (Wildman–Crippen MR) is 106 cm³/mol. The summed E-state index contributed by atoms with van der Waals surface area (Å²) >= 11 is 6.20. The van der Waals surface area contributed by atoms with E-state index >= 15 is 0 Å². The molecule has 2 amide bonds. The summed E-state index contributed by atoms with van der Waals surface area (Å²) in [7, 11) is 0. The van der Waals surface area contributed by atoms with Gasteiger partial charge in [-0.3, -0.25) is 14.9 Å². The second-order valence-electron chi connectivity index (χ2n) is 6.06. The maximum absolute atomic E-state index is 11.9. The third-order valence-corrected chi connectivity index (χ3v) is 4.15. The fraction of sp³-hybridized carbons (Fsp3) is 0.190. The first kappa shape index (κ1) is 20.4. The number of halogens is 1. The van der Waals surface area contributed by atoms with Gasteiger partial charge in [-0.15, -0.1) is 0 Å². The monoisotopic (exact) mass is 415 g/mol. The molecular formula is C21H18ClNO6. The molecular weight excluding hydrogens is 398 g/mol. The first-order chi connectivity index (χ1) is 14.0. The van der Waals surface area contributed by atoms with E-state index in [1.54, 1.807) is 42.5 Å². The van der Waals surface area contributed by atoms with Gasteiger partial charge in [0.2, 0.25) is 0 Å². The summed E-state index contributed by atoms with van der Waals surface area (Å²) < 4.78 is 16.0. The fourth-order valence-corrected chi connectivity index (χ4v) is 2.79. The lowest BCUT2D eigenvalue weighted by molar-refractivity contribution is -0.143. The molecule has 0 atom stereocenters. The smallest absolute Gasteiger partial charge is 0.331 e. The van der Waals surface area contributed by atoms with E-state index in [4.69, 9.17) is 25.8 Å². The van der Waals surface area contributed by atoms with Crippen LogP contribution < -0.4 is 14.8 Å². The highest BCUT2D eigenvalue weighted by molar-refractivity contribution is 6.32. The van der Waals surface area contributed by atoms with Crippen molar-refractivity contribution in [1.82, 2.24) is 5.32 Å². The topological polar surface area (TPSA) is 90.9 Å². The molecule has 150 valence electrons. The van der Waals surface area contributed by atoms with Crippen LogP contribution in [0.4, 0.5) is 0 Å². The molecule has 1 heterocycles. The number of hydrogen-bond acceptors (Lipinski definition) is 6. The van der Waals surface area contributed by atoms with Crippen LogP contribution in [0.3, 0.4) is 0 Å². The van der Waals surface area contributed by atoms with Gasteiger partial charge in [-0.1, -0.05) is 29.8 Å². The summed E-state index contributed by atoms with van der Waals surface area (Å²) in [5.74, 6) is -1.05. The number of rotatable bonds is 5. The highest BCUT2D eigenvalue weighted by Crippen LogP contribution is 2.38. The van der Waals surface area contributed by atoms with Gasteiger partial charge in [0, 0.05) is 18.1 Å². The van der Waals surface area contributed by atoms with Crippen LogP contribution in [0.1, 0.15) is 22.3 Å². The van der Waals surface area contributed by atoms with Gasteiger partial charge < -0.3 is 14.2 Å². The number of ether oxygens (including phenoxy) is 3. The van der Waals surface area contributed by atoms with Crippen molar-refractivity contribution in [1.29, 1.82) is 0 Å². The van der Waals surface area contributed by atoms with E-state index in [9.17, 15) is 14.4 Å². The van der Waals surface area contributed by atoms with Gasteiger partial charge in [-0.25, -0.2) is 4.79 Å². The van der Waals surface area contributed by atoms with E-state index < -0.39 is 24.4 Å². The highest BCUT2D eigenvalue weighted by Gasteiger charge is 2.15.